The van der Waals surface area contributed by atoms with Crippen molar-refractivity contribution in [1.82, 2.24) is 4.72 Å². The van der Waals surface area contributed by atoms with Crippen LogP contribution in [0.5, 0.6) is 5.75 Å². The summed E-state index contributed by atoms with van der Waals surface area (Å²) in [6.07, 6.45) is -11.0. The second-order valence-electron chi connectivity index (χ2n) is 5.91. The fourth-order valence-electron chi connectivity index (χ4n) is 1.44. The molecule has 0 aliphatic carbocycles. The number of alkyl halides is 5. The van der Waals surface area contributed by atoms with E-state index in [0.29, 0.717) is 5.56 Å². The molecule has 2 atom stereocenters. The molecule has 3 nitrogen and oxygen atoms in total. The number of benzene rings is 1. The van der Waals surface area contributed by atoms with Crippen LogP contribution in [0.15, 0.2) is 24.3 Å². The first-order chi connectivity index (χ1) is 10.2. The lowest BCUT2D eigenvalue weighted by atomic mass is 10.1. The van der Waals surface area contributed by atoms with Crippen LogP contribution in [0.1, 0.15) is 39.3 Å². The molecule has 1 unspecified atom stereocenters. The van der Waals surface area contributed by atoms with Crippen molar-refractivity contribution in [3.63, 3.8) is 0 Å². The van der Waals surface area contributed by atoms with Gasteiger partial charge in [0.1, 0.15) is 5.75 Å². The van der Waals surface area contributed by atoms with Gasteiger partial charge < -0.3 is 4.74 Å². The highest BCUT2D eigenvalue weighted by molar-refractivity contribution is 7.84. The molecule has 0 fully saturated rings. The maximum atomic E-state index is 12.8. The molecular formula is C14H18F5NO2S. The number of ether oxygens (including phenoxy) is 1. The van der Waals surface area contributed by atoms with Gasteiger partial charge in [-0.15, -0.1) is 0 Å². The zero-order valence-corrected chi connectivity index (χ0v) is 13.8. The number of halogens is 5. The van der Waals surface area contributed by atoms with E-state index in [0.717, 1.165) is 12.1 Å². The third kappa shape index (κ3) is 5.42. The first-order valence-electron chi connectivity index (χ1n) is 6.65. The molecule has 0 saturated heterocycles. The van der Waals surface area contributed by atoms with Crippen LogP contribution in [0.4, 0.5) is 22.0 Å². The monoisotopic (exact) mass is 359 g/mol. The minimum absolute atomic E-state index is 0.382. The molecule has 0 aliphatic heterocycles. The van der Waals surface area contributed by atoms with Gasteiger partial charge in [0.25, 0.3) is 0 Å². The summed E-state index contributed by atoms with van der Waals surface area (Å²) in [6.45, 7) is 7.03. The molecule has 132 valence electrons. The Hall–Kier alpha value is -1.22. The van der Waals surface area contributed by atoms with E-state index in [4.69, 9.17) is 0 Å². The van der Waals surface area contributed by atoms with Gasteiger partial charge in [0.2, 0.25) is 0 Å². The van der Waals surface area contributed by atoms with Crippen LogP contribution in [0, 0.1) is 0 Å². The van der Waals surface area contributed by atoms with Crippen LogP contribution >= 0.6 is 0 Å². The Balaban J connectivity index is 2.79. The van der Waals surface area contributed by atoms with Crippen molar-refractivity contribution in [2.24, 2.45) is 0 Å². The van der Waals surface area contributed by atoms with Crippen LogP contribution in [0.3, 0.4) is 0 Å². The Labute approximate surface area is 133 Å². The van der Waals surface area contributed by atoms with Crippen LogP contribution in [0.2, 0.25) is 0 Å². The summed E-state index contributed by atoms with van der Waals surface area (Å²) in [4.78, 5) is 0. The topological polar surface area (TPSA) is 38.3 Å². The first-order valence-corrected chi connectivity index (χ1v) is 7.80. The molecule has 0 amide bonds. The van der Waals surface area contributed by atoms with Gasteiger partial charge in [-0.3, -0.25) is 0 Å². The molecule has 1 aromatic carbocycles. The molecular weight excluding hydrogens is 341 g/mol. The van der Waals surface area contributed by atoms with Crippen LogP contribution in [-0.4, -0.2) is 21.2 Å². The zero-order chi connectivity index (χ0) is 18.1. The highest BCUT2D eigenvalue weighted by Crippen LogP contribution is 2.37. The van der Waals surface area contributed by atoms with E-state index in [9.17, 15) is 26.2 Å². The third-order valence-corrected chi connectivity index (χ3v) is 4.48. The molecule has 0 saturated carbocycles. The Morgan fingerprint density at radius 2 is 1.52 bits per heavy atom. The van der Waals surface area contributed by atoms with Gasteiger partial charge in [0.15, 0.2) is 0 Å². The van der Waals surface area contributed by atoms with Crippen molar-refractivity contribution < 1.29 is 30.9 Å². The average molecular weight is 359 g/mol. The number of nitrogens with one attached hydrogen (secondary N) is 1. The van der Waals surface area contributed by atoms with Crippen molar-refractivity contribution in [1.29, 1.82) is 0 Å². The maximum absolute atomic E-state index is 12.8. The van der Waals surface area contributed by atoms with E-state index >= 15 is 0 Å². The SMILES string of the molecule is C[C@@H](NS(=O)C(C)(C)C)c1ccc(OC(F)(F)C(F)(F)F)cc1. The fraction of sp³-hybridized carbons (Fsp3) is 0.571. The summed E-state index contributed by atoms with van der Waals surface area (Å²) < 4.78 is 79.7. The van der Waals surface area contributed by atoms with E-state index in [-0.39, 0.29) is 6.04 Å². The molecule has 0 radical (unpaired) electrons. The quantitative estimate of drug-likeness (QED) is 0.795. The van der Waals surface area contributed by atoms with Gasteiger partial charge in [-0.1, -0.05) is 12.1 Å². The molecule has 23 heavy (non-hydrogen) atoms. The van der Waals surface area contributed by atoms with Crippen molar-refractivity contribution in [2.75, 3.05) is 0 Å². The van der Waals surface area contributed by atoms with E-state index in [1.807, 2.05) is 0 Å². The van der Waals surface area contributed by atoms with Gasteiger partial charge in [0, 0.05) is 6.04 Å². The molecule has 0 bridgehead atoms. The summed E-state index contributed by atoms with van der Waals surface area (Å²) >= 11 is 0. The lowest BCUT2D eigenvalue weighted by Gasteiger charge is -2.23. The fourth-order valence-corrected chi connectivity index (χ4v) is 2.25. The van der Waals surface area contributed by atoms with Crippen molar-refractivity contribution >= 4 is 11.0 Å². The first kappa shape index (κ1) is 19.8. The normalized spacial score (nSPS) is 16.0. The zero-order valence-electron chi connectivity index (χ0n) is 13.0. The molecule has 0 aromatic heterocycles. The Kier molecular flexibility index (Phi) is 5.79. The van der Waals surface area contributed by atoms with Crippen LogP contribution in [-0.2, 0) is 11.0 Å². The van der Waals surface area contributed by atoms with Crippen molar-refractivity contribution in [2.45, 2.75) is 50.8 Å². The Bertz CT molecular complexity index is 552. The Morgan fingerprint density at radius 1 is 1.04 bits per heavy atom. The predicted octanol–water partition coefficient (Wildman–Crippen LogP) is 4.33. The molecule has 0 spiro atoms. The third-order valence-electron chi connectivity index (χ3n) is 2.80. The second kappa shape index (κ2) is 6.72. The molecule has 1 rings (SSSR count). The van der Waals surface area contributed by atoms with Crippen LogP contribution in [0.25, 0.3) is 0 Å². The van der Waals surface area contributed by atoms with Gasteiger partial charge in [-0.2, -0.15) is 22.0 Å². The van der Waals surface area contributed by atoms with Crippen molar-refractivity contribution in [3.05, 3.63) is 29.8 Å². The van der Waals surface area contributed by atoms with E-state index < -0.39 is 33.8 Å². The maximum Gasteiger partial charge on any atom is 0.499 e. The number of hydrogen-bond acceptors (Lipinski definition) is 2. The second-order valence-corrected chi connectivity index (χ2v) is 7.90. The average Bonchev–Trinajstić information content (AvgIpc) is 2.36. The van der Waals surface area contributed by atoms with E-state index in [2.05, 4.69) is 9.46 Å². The minimum atomic E-state index is -5.79. The highest BCUT2D eigenvalue weighted by Gasteiger charge is 2.61. The summed E-state index contributed by atoms with van der Waals surface area (Å²) in [6, 6.07) is 4.30. The molecule has 1 N–H and O–H groups in total. The largest absolute Gasteiger partial charge is 0.499 e. The van der Waals surface area contributed by atoms with Gasteiger partial charge >= 0.3 is 12.3 Å². The van der Waals surface area contributed by atoms with Gasteiger partial charge in [-0.05, 0) is 45.4 Å². The number of hydrogen-bond donors (Lipinski definition) is 1. The highest BCUT2D eigenvalue weighted by atomic mass is 32.2. The number of rotatable bonds is 5. The lowest BCUT2D eigenvalue weighted by molar-refractivity contribution is -0.360. The molecule has 1 aromatic rings. The molecule has 0 aliphatic rings. The predicted molar refractivity (Wildman–Crippen MR) is 77.5 cm³/mol. The van der Waals surface area contributed by atoms with E-state index in [1.165, 1.54) is 12.1 Å². The summed E-state index contributed by atoms with van der Waals surface area (Å²) in [5, 5.41) is 0. The van der Waals surface area contributed by atoms with Gasteiger partial charge in [0.05, 0.1) is 15.7 Å². The van der Waals surface area contributed by atoms with Crippen LogP contribution < -0.4 is 9.46 Å². The van der Waals surface area contributed by atoms with Gasteiger partial charge in [-0.25, -0.2) is 8.93 Å². The minimum Gasteiger partial charge on any atom is -0.426 e. The summed E-state index contributed by atoms with van der Waals surface area (Å²) in [7, 11) is -1.35. The molecule has 0 heterocycles. The van der Waals surface area contributed by atoms with E-state index in [1.54, 1.807) is 27.7 Å². The lowest BCUT2D eigenvalue weighted by Crippen LogP contribution is -2.41. The molecule has 9 heteroatoms. The smallest absolute Gasteiger partial charge is 0.426 e. The standard InChI is InChI=1S/C14H18F5NO2S/c1-9(20-23(21)12(2,3)4)10-5-7-11(8-6-10)22-14(18,19)13(15,16)17/h5-9,20H,1-4H3/t9-,23?/m1/s1. The van der Waals surface area contributed by atoms with Crippen molar-refractivity contribution in [3.8, 4) is 5.75 Å². The summed E-state index contributed by atoms with van der Waals surface area (Å²) in [5.74, 6) is -0.611. The summed E-state index contributed by atoms with van der Waals surface area (Å²) in [5.41, 5.74) is 0.574. The Morgan fingerprint density at radius 3 is 1.91 bits per heavy atom.